The Hall–Kier alpha value is -2.94. The second-order valence-electron chi connectivity index (χ2n) is 8.38. The van der Waals surface area contributed by atoms with E-state index in [0.29, 0.717) is 29.2 Å². The first kappa shape index (κ1) is 24.2. The molecule has 1 aliphatic rings. The molecule has 2 aromatic carbocycles. The van der Waals surface area contributed by atoms with Crippen molar-refractivity contribution >= 4 is 45.4 Å². The molecule has 1 saturated heterocycles. The van der Waals surface area contributed by atoms with Crippen LogP contribution in [0.3, 0.4) is 0 Å². The van der Waals surface area contributed by atoms with Crippen molar-refractivity contribution < 1.29 is 17.7 Å². The van der Waals surface area contributed by atoms with Gasteiger partial charge in [-0.1, -0.05) is 52.7 Å². The third-order valence-electron chi connectivity index (χ3n) is 5.87. The van der Waals surface area contributed by atoms with Crippen molar-refractivity contribution in [2.75, 3.05) is 18.4 Å². The minimum Gasteiger partial charge on any atom is -0.355 e. The fourth-order valence-corrected chi connectivity index (χ4v) is 5.76. The summed E-state index contributed by atoms with van der Waals surface area (Å²) in [7, 11) is -3.82. The van der Waals surface area contributed by atoms with Crippen LogP contribution >= 0.6 is 11.6 Å². The molecular weight excluding hydrogens is 474 g/mol. The molecule has 0 unspecified atom stereocenters. The van der Waals surface area contributed by atoms with Crippen LogP contribution in [0.1, 0.15) is 35.4 Å². The molecule has 1 fully saturated rings. The van der Waals surface area contributed by atoms with Crippen LogP contribution in [-0.2, 0) is 14.8 Å². The van der Waals surface area contributed by atoms with Crippen molar-refractivity contribution in [1.29, 1.82) is 0 Å². The Kier molecular flexibility index (Phi) is 7.21. The van der Waals surface area contributed by atoms with E-state index in [-0.39, 0.29) is 35.6 Å². The van der Waals surface area contributed by atoms with Crippen molar-refractivity contribution in [3.63, 3.8) is 0 Å². The van der Waals surface area contributed by atoms with E-state index in [1.165, 1.54) is 4.31 Å². The first-order valence-corrected chi connectivity index (χ1v) is 12.8. The van der Waals surface area contributed by atoms with Gasteiger partial charge in [0.05, 0.1) is 0 Å². The SMILES string of the molecule is Cc1ccc(/C=C/c2onc(C)c2S(=O)(=O)N2CCC(C(=O)Nc3ccc(Cl)cc3)CC2)cc1. The lowest BCUT2D eigenvalue weighted by atomic mass is 9.97. The van der Waals surface area contributed by atoms with Gasteiger partial charge in [-0.05, 0) is 62.6 Å². The molecule has 9 heteroatoms. The molecule has 3 aromatic rings. The normalized spacial score (nSPS) is 15.6. The maximum atomic E-state index is 13.4. The molecule has 1 amide bonds. The molecule has 1 aromatic heterocycles. The smallest absolute Gasteiger partial charge is 0.248 e. The highest BCUT2D eigenvalue weighted by Crippen LogP contribution is 2.29. The number of rotatable bonds is 6. The number of carbonyl (C=O) groups is 1. The third kappa shape index (κ3) is 5.41. The van der Waals surface area contributed by atoms with Crippen molar-refractivity contribution in [2.45, 2.75) is 31.6 Å². The number of carbonyl (C=O) groups excluding carboxylic acids is 1. The number of benzene rings is 2. The van der Waals surface area contributed by atoms with Gasteiger partial charge in [-0.15, -0.1) is 0 Å². The average molecular weight is 500 g/mol. The Morgan fingerprint density at radius 1 is 1.06 bits per heavy atom. The van der Waals surface area contributed by atoms with Gasteiger partial charge >= 0.3 is 0 Å². The molecule has 0 bridgehead atoms. The second-order valence-corrected chi connectivity index (χ2v) is 10.7. The molecule has 34 heavy (non-hydrogen) atoms. The Morgan fingerprint density at radius 3 is 2.35 bits per heavy atom. The molecular formula is C25H26ClN3O4S. The van der Waals surface area contributed by atoms with E-state index >= 15 is 0 Å². The number of piperidine rings is 1. The van der Waals surface area contributed by atoms with Gasteiger partial charge in [0.1, 0.15) is 5.69 Å². The number of halogens is 1. The van der Waals surface area contributed by atoms with Crippen LogP contribution in [0.5, 0.6) is 0 Å². The van der Waals surface area contributed by atoms with Gasteiger partial charge in [0.2, 0.25) is 15.9 Å². The van der Waals surface area contributed by atoms with Crippen LogP contribution < -0.4 is 5.32 Å². The number of nitrogens with zero attached hydrogens (tertiary/aromatic N) is 2. The summed E-state index contributed by atoms with van der Waals surface area (Å²) in [6.07, 6.45) is 4.28. The maximum absolute atomic E-state index is 13.4. The summed E-state index contributed by atoms with van der Waals surface area (Å²) in [6, 6.07) is 14.7. The summed E-state index contributed by atoms with van der Waals surface area (Å²) < 4.78 is 33.6. The predicted octanol–water partition coefficient (Wildman–Crippen LogP) is 5.15. The summed E-state index contributed by atoms with van der Waals surface area (Å²) >= 11 is 5.89. The van der Waals surface area contributed by atoms with Crippen molar-refractivity contribution in [3.05, 3.63) is 76.1 Å². The molecule has 4 rings (SSSR count). The number of anilines is 1. The molecule has 7 nitrogen and oxygen atoms in total. The Bertz CT molecular complexity index is 1290. The predicted molar refractivity (Wildman–Crippen MR) is 133 cm³/mol. The van der Waals surface area contributed by atoms with Crippen molar-refractivity contribution in [2.24, 2.45) is 5.92 Å². The molecule has 0 atom stereocenters. The number of amides is 1. The Morgan fingerprint density at radius 2 is 1.71 bits per heavy atom. The van der Waals surface area contributed by atoms with E-state index in [1.807, 2.05) is 31.2 Å². The number of nitrogens with one attached hydrogen (secondary N) is 1. The lowest BCUT2D eigenvalue weighted by Gasteiger charge is -2.30. The largest absolute Gasteiger partial charge is 0.355 e. The van der Waals surface area contributed by atoms with E-state index in [4.69, 9.17) is 16.1 Å². The first-order chi connectivity index (χ1) is 16.2. The van der Waals surface area contributed by atoms with E-state index in [1.54, 1.807) is 43.3 Å². The topological polar surface area (TPSA) is 92.5 Å². The standard InChI is InChI=1S/C25H26ClN3O4S/c1-17-3-5-19(6-4-17)7-12-23-24(18(2)28-33-23)34(31,32)29-15-13-20(14-16-29)25(30)27-22-10-8-21(26)9-11-22/h3-12,20H,13-16H2,1-2H3,(H,27,30)/b12-7+. The number of aryl methyl sites for hydroxylation is 2. The highest BCUT2D eigenvalue weighted by atomic mass is 35.5. The van der Waals surface area contributed by atoms with Gasteiger partial charge in [-0.3, -0.25) is 4.79 Å². The monoisotopic (exact) mass is 499 g/mol. The fourth-order valence-electron chi connectivity index (χ4n) is 3.91. The second kappa shape index (κ2) is 10.1. The minimum absolute atomic E-state index is 0.0694. The fraction of sp³-hybridized carbons (Fsp3) is 0.280. The molecule has 1 N–H and O–H groups in total. The maximum Gasteiger partial charge on any atom is 0.248 e. The van der Waals surface area contributed by atoms with E-state index < -0.39 is 10.0 Å². The third-order valence-corrected chi connectivity index (χ3v) is 8.18. The van der Waals surface area contributed by atoms with E-state index in [2.05, 4.69) is 10.5 Å². The van der Waals surface area contributed by atoms with Crippen molar-refractivity contribution in [1.82, 2.24) is 9.46 Å². The van der Waals surface area contributed by atoms with Gasteiger partial charge in [0, 0.05) is 29.7 Å². The lowest BCUT2D eigenvalue weighted by molar-refractivity contribution is -0.120. The highest BCUT2D eigenvalue weighted by Gasteiger charge is 2.35. The molecule has 0 aliphatic carbocycles. The van der Waals surface area contributed by atoms with Crippen LogP contribution in [0.25, 0.3) is 12.2 Å². The molecule has 0 radical (unpaired) electrons. The quantitative estimate of drug-likeness (QED) is 0.506. The van der Waals surface area contributed by atoms with Crippen molar-refractivity contribution in [3.8, 4) is 0 Å². The van der Waals surface area contributed by atoms with Gasteiger partial charge in [0.25, 0.3) is 0 Å². The molecule has 0 saturated carbocycles. The number of sulfonamides is 1. The summed E-state index contributed by atoms with van der Waals surface area (Å²) in [6.45, 7) is 4.11. The zero-order valence-corrected chi connectivity index (χ0v) is 20.6. The van der Waals surface area contributed by atoms with Crippen LogP contribution in [0.15, 0.2) is 57.9 Å². The van der Waals surface area contributed by atoms with Gasteiger partial charge in [0.15, 0.2) is 10.7 Å². The first-order valence-electron chi connectivity index (χ1n) is 11.0. The number of hydrogen-bond acceptors (Lipinski definition) is 5. The summed E-state index contributed by atoms with van der Waals surface area (Å²) in [5, 5.41) is 7.36. The summed E-state index contributed by atoms with van der Waals surface area (Å²) in [4.78, 5) is 12.7. The van der Waals surface area contributed by atoms with Crippen LogP contribution in [0, 0.1) is 19.8 Å². The molecule has 178 valence electrons. The zero-order valence-electron chi connectivity index (χ0n) is 19.0. The van der Waals surface area contributed by atoms with Crippen LogP contribution in [0.2, 0.25) is 5.02 Å². The van der Waals surface area contributed by atoms with Crippen LogP contribution in [0.4, 0.5) is 5.69 Å². The summed E-state index contributed by atoms with van der Waals surface area (Å²) in [5.74, 6) is -0.200. The lowest BCUT2D eigenvalue weighted by Crippen LogP contribution is -2.41. The number of aromatic nitrogens is 1. The van der Waals surface area contributed by atoms with E-state index in [0.717, 1.165) is 11.1 Å². The average Bonchev–Trinajstić information content (AvgIpc) is 3.21. The van der Waals surface area contributed by atoms with E-state index in [9.17, 15) is 13.2 Å². The molecule has 2 heterocycles. The van der Waals surface area contributed by atoms with Gasteiger partial charge < -0.3 is 9.84 Å². The van der Waals surface area contributed by atoms with Gasteiger partial charge in [-0.25, -0.2) is 8.42 Å². The van der Waals surface area contributed by atoms with Crippen LogP contribution in [-0.4, -0.2) is 36.9 Å². The molecule has 0 spiro atoms. The summed E-state index contributed by atoms with van der Waals surface area (Å²) in [5.41, 5.74) is 3.04. The minimum atomic E-state index is -3.82. The number of hydrogen-bond donors (Lipinski definition) is 1. The highest BCUT2D eigenvalue weighted by molar-refractivity contribution is 7.89. The Balaban J connectivity index is 1.44. The molecule has 1 aliphatic heterocycles. The zero-order chi connectivity index (χ0) is 24.3. The Labute approximate surface area is 204 Å². The van der Waals surface area contributed by atoms with Gasteiger partial charge in [-0.2, -0.15) is 4.31 Å².